The Balaban J connectivity index is 1.92. The van der Waals surface area contributed by atoms with Gasteiger partial charge in [-0.1, -0.05) is 17.4 Å². The van der Waals surface area contributed by atoms with E-state index >= 15 is 0 Å². The summed E-state index contributed by atoms with van der Waals surface area (Å²) in [6, 6.07) is 10.9. The number of hydrogen-bond donors (Lipinski definition) is 1. The molecule has 0 atom stereocenters. The Kier molecular flexibility index (Phi) is 3.53. The van der Waals surface area contributed by atoms with Crippen LogP contribution < -0.4 is 4.74 Å². The van der Waals surface area contributed by atoms with Crippen LogP contribution in [0, 0.1) is 6.92 Å². The molecule has 0 aliphatic rings. The summed E-state index contributed by atoms with van der Waals surface area (Å²) in [6.45, 7) is 1.90. The number of thiazole rings is 1. The van der Waals surface area contributed by atoms with Gasteiger partial charge in [0.15, 0.2) is 0 Å². The summed E-state index contributed by atoms with van der Waals surface area (Å²) in [5.41, 5.74) is 2.25. The van der Waals surface area contributed by atoms with Gasteiger partial charge in [0.25, 0.3) is 0 Å². The van der Waals surface area contributed by atoms with E-state index in [0.29, 0.717) is 10.8 Å². The number of azo groups is 1. The maximum atomic E-state index is 9.79. The molecule has 3 rings (SSSR count). The number of fused-ring (bicyclic) bond motifs is 1. The minimum Gasteiger partial charge on any atom is -0.506 e. The molecule has 0 saturated carbocycles. The van der Waals surface area contributed by atoms with Crippen molar-refractivity contribution in [2.75, 3.05) is 7.11 Å². The predicted octanol–water partition coefficient (Wildman–Crippen LogP) is 4.73. The SMILES string of the molecule is COc1ccc2nc(N=Nc3ccc(C)cc3O)sc2c1. The van der Waals surface area contributed by atoms with E-state index in [1.54, 1.807) is 19.2 Å². The lowest BCUT2D eigenvalue weighted by Crippen LogP contribution is -1.80. The molecule has 0 radical (unpaired) electrons. The summed E-state index contributed by atoms with van der Waals surface area (Å²) in [5, 5.41) is 18.5. The molecule has 106 valence electrons. The second-order valence-electron chi connectivity index (χ2n) is 4.52. The smallest absolute Gasteiger partial charge is 0.231 e. The molecule has 0 fully saturated rings. The lowest BCUT2D eigenvalue weighted by atomic mass is 10.2. The van der Waals surface area contributed by atoms with Crippen LogP contribution >= 0.6 is 11.3 Å². The fourth-order valence-electron chi connectivity index (χ4n) is 1.88. The van der Waals surface area contributed by atoms with Gasteiger partial charge in [0.2, 0.25) is 5.13 Å². The van der Waals surface area contributed by atoms with Gasteiger partial charge in [-0.25, -0.2) is 4.98 Å². The summed E-state index contributed by atoms with van der Waals surface area (Å²) >= 11 is 1.42. The number of phenolic OH excluding ortho intramolecular Hbond substituents is 1. The second-order valence-corrected chi connectivity index (χ2v) is 5.53. The summed E-state index contributed by atoms with van der Waals surface area (Å²) < 4.78 is 6.16. The Morgan fingerprint density at radius 1 is 1.14 bits per heavy atom. The first-order chi connectivity index (χ1) is 10.2. The van der Waals surface area contributed by atoms with Gasteiger partial charge >= 0.3 is 0 Å². The molecule has 2 aromatic carbocycles. The average Bonchev–Trinajstić information content (AvgIpc) is 2.88. The van der Waals surface area contributed by atoms with E-state index in [9.17, 15) is 5.11 Å². The number of ether oxygens (including phenoxy) is 1. The van der Waals surface area contributed by atoms with Gasteiger partial charge in [-0.2, -0.15) is 0 Å². The first-order valence-corrected chi connectivity index (χ1v) is 7.13. The number of hydrogen-bond acceptors (Lipinski definition) is 6. The lowest BCUT2D eigenvalue weighted by Gasteiger charge is -1.97. The second kappa shape index (κ2) is 5.49. The van der Waals surface area contributed by atoms with Crippen LogP contribution in [0.25, 0.3) is 10.2 Å². The van der Waals surface area contributed by atoms with Gasteiger partial charge in [0, 0.05) is 0 Å². The Labute approximate surface area is 125 Å². The van der Waals surface area contributed by atoms with E-state index in [1.807, 2.05) is 31.2 Å². The van der Waals surface area contributed by atoms with E-state index in [-0.39, 0.29) is 5.75 Å². The molecular weight excluding hydrogens is 286 g/mol. The highest BCUT2D eigenvalue weighted by Gasteiger charge is 2.05. The standard InChI is InChI=1S/C15H13N3O2S/c1-9-3-5-11(13(19)7-9)17-18-15-16-12-6-4-10(20-2)8-14(12)21-15/h3-8,19H,1-2H3. The Morgan fingerprint density at radius 2 is 2.00 bits per heavy atom. The van der Waals surface area contributed by atoms with E-state index in [0.717, 1.165) is 21.5 Å². The number of nitrogens with zero attached hydrogens (tertiary/aromatic N) is 3. The molecule has 6 heteroatoms. The van der Waals surface area contributed by atoms with E-state index < -0.39 is 0 Å². The Morgan fingerprint density at radius 3 is 2.76 bits per heavy atom. The van der Waals surface area contributed by atoms with E-state index in [2.05, 4.69) is 15.2 Å². The summed E-state index contributed by atoms with van der Waals surface area (Å²) in [6.07, 6.45) is 0. The molecule has 1 aromatic heterocycles. The van der Waals surface area contributed by atoms with Crippen molar-refractivity contribution in [2.24, 2.45) is 10.2 Å². The third-order valence-electron chi connectivity index (χ3n) is 2.96. The topological polar surface area (TPSA) is 67.1 Å². The monoisotopic (exact) mass is 299 g/mol. The highest BCUT2D eigenvalue weighted by Crippen LogP contribution is 2.33. The Hall–Kier alpha value is -2.47. The zero-order valence-electron chi connectivity index (χ0n) is 11.6. The molecule has 0 saturated heterocycles. The molecule has 0 aliphatic heterocycles. The maximum Gasteiger partial charge on any atom is 0.231 e. The van der Waals surface area contributed by atoms with Gasteiger partial charge in [-0.3, -0.25) is 0 Å². The first-order valence-electron chi connectivity index (χ1n) is 6.31. The fourth-order valence-corrected chi connectivity index (χ4v) is 2.69. The summed E-state index contributed by atoms with van der Waals surface area (Å²) in [4.78, 5) is 4.37. The van der Waals surface area contributed by atoms with Gasteiger partial charge in [-0.05, 0) is 42.8 Å². The van der Waals surface area contributed by atoms with Crippen LogP contribution in [-0.2, 0) is 0 Å². The largest absolute Gasteiger partial charge is 0.506 e. The zero-order chi connectivity index (χ0) is 14.8. The summed E-state index contributed by atoms with van der Waals surface area (Å²) in [5.74, 6) is 0.896. The zero-order valence-corrected chi connectivity index (χ0v) is 12.4. The van der Waals surface area contributed by atoms with Gasteiger partial charge < -0.3 is 9.84 Å². The molecule has 0 bridgehead atoms. The molecule has 5 nitrogen and oxygen atoms in total. The van der Waals surface area contributed by atoms with Gasteiger partial charge in [-0.15, -0.1) is 10.2 Å². The molecule has 3 aromatic rings. The van der Waals surface area contributed by atoms with E-state index in [1.165, 1.54) is 11.3 Å². The molecule has 0 aliphatic carbocycles. The normalized spacial score (nSPS) is 11.3. The lowest BCUT2D eigenvalue weighted by molar-refractivity contribution is 0.415. The van der Waals surface area contributed by atoms with Crippen LogP contribution in [-0.4, -0.2) is 17.2 Å². The predicted molar refractivity (Wildman–Crippen MR) is 83.2 cm³/mol. The number of aromatic nitrogens is 1. The highest BCUT2D eigenvalue weighted by atomic mass is 32.1. The van der Waals surface area contributed by atoms with Crippen molar-refractivity contribution < 1.29 is 9.84 Å². The van der Waals surface area contributed by atoms with E-state index in [4.69, 9.17) is 4.74 Å². The average molecular weight is 299 g/mol. The van der Waals surface area contributed by atoms with Crippen LogP contribution in [0.5, 0.6) is 11.5 Å². The van der Waals surface area contributed by atoms with Crippen molar-refractivity contribution in [2.45, 2.75) is 6.92 Å². The Bertz CT molecular complexity index is 827. The van der Waals surface area contributed by atoms with Crippen molar-refractivity contribution in [1.29, 1.82) is 0 Å². The molecule has 0 spiro atoms. The number of methoxy groups -OCH3 is 1. The minimum atomic E-state index is 0.113. The number of benzene rings is 2. The minimum absolute atomic E-state index is 0.113. The van der Waals surface area contributed by atoms with Crippen LogP contribution in [0.1, 0.15) is 5.56 Å². The molecule has 0 unspecified atom stereocenters. The number of aryl methyl sites for hydroxylation is 1. The van der Waals surface area contributed by atoms with Gasteiger partial charge in [0.1, 0.15) is 17.2 Å². The molecular formula is C15H13N3O2S. The number of aromatic hydroxyl groups is 1. The number of rotatable bonds is 3. The maximum absolute atomic E-state index is 9.79. The third-order valence-corrected chi connectivity index (χ3v) is 3.86. The van der Waals surface area contributed by atoms with Crippen molar-refractivity contribution in [1.82, 2.24) is 4.98 Å². The fraction of sp³-hybridized carbons (Fsp3) is 0.133. The van der Waals surface area contributed by atoms with Crippen molar-refractivity contribution in [3.63, 3.8) is 0 Å². The van der Waals surface area contributed by atoms with Crippen LogP contribution in [0.15, 0.2) is 46.6 Å². The quantitative estimate of drug-likeness (QED) is 0.711. The van der Waals surface area contributed by atoms with Crippen molar-refractivity contribution >= 4 is 32.4 Å². The van der Waals surface area contributed by atoms with Gasteiger partial charge in [0.05, 0.1) is 17.3 Å². The molecule has 1 heterocycles. The molecule has 0 amide bonds. The van der Waals surface area contributed by atoms with Crippen molar-refractivity contribution in [3.8, 4) is 11.5 Å². The van der Waals surface area contributed by atoms with Crippen LogP contribution in [0.2, 0.25) is 0 Å². The summed E-state index contributed by atoms with van der Waals surface area (Å²) in [7, 11) is 1.63. The van der Waals surface area contributed by atoms with Crippen LogP contribution in [0.4, 0.5) is 10.8 Å². The van der Waals surface area contributed by atoms with Crippen molar-refractivity contribution in [3.05, 3.63) is 42.0 Å². The molecule has 1 N–H and O–H groups in total. The first kappa shape index (κ1) is 13.5. The molecule has 21 heavy (non-hydrogen) atoms. The highest BCUT2D eigenvalue weighted by molar-refractivity contribution is 7.21. The number of phenols is 1. The van der Waals surface area contributed by atoms with Crippen LogP contribution in [0.3, 0.4) is 0 Å². The third kappa shape index (κ3) is 2.85.